The number of nitrogens with one attached hydrogen (secondary N) is 2. The summed E-state index contributed by atoms with van der Waals surface area (Å²) in [6.07, 6.45) is 2.80. The summed E-state index contributed by atoms with van der Waals surface area (Å²) in [5.41, 5.74) is 5.00. The number of carbonyl (C=O) groups is 2. The van der Waals surface area contributed by atoms with Crippen molar-refractivity contribution in [3.63, 3.8) is 0 Å². The molecule has 11 nitrogen and oxygen atoms in total. The number of amides is 1. The average molecular weight is 671 g/mol. The average Bonchev–Trinajstić information content (AvgIpc) is 3.38. The van der Waals surface area contributed by atoms with E-state index in [2.05, 4.69) is 30.5 Å². The summed E-state index contributed by atoms with van der Waals surface area (Å²) in [4.78, 5) is 40.1. The molecule has 0 spiro atoms. The fourth-order valence-corrected chi connectivity index (χ4v) is 6.00. The van der Waals surface area contributed by atoms with E-state index in [1.165, 1.54) is 7.11 Å². The number of carboxylic acids is 1. The molecule has 0 saturated carbocycles. The minimum absolute atomic E-state index is 0.00388. The number of hydrogen-bond acceptors (Lipinski definition) is 8. The number of nitrogens with zero attached hydrogens (tertiary/aromatic N) is 5. The number of aliphatic carboxylic acids is 1. The zero-order valence-electron chi connectivity index (χ0n) is 25.4. The van der Waals surface area contributed by atoms with Crippen LogP contribution in [0.4, 0.5) is 10.1 Å². The summed E-state index contributed by atoms with van der Waals surface area (Å²) in [5.74, 6) is -0.651. The van der Waals surface area contributed by atoms with Gasteiger partial charge >= 0.3 is 5.97 Å². The summed E-state index contributed by atoms with van der Waals surface area (Å²) in [6, 6.07) is 10.6. The lowest BCUT2D eigenvalue weighted by Crippen LogP contribution is -2.32. The lowest BCUT2D eigenvalue weighted by Gasteiger charge is -2.26. The van der Waals surface area contributed by atoms with Gasteiger partial charge in [0.15, 0.2) is 5.82 Å². The lowest BCUT2D eigenvalue weighted by molar-refractivity contribution is -0.136. The van der Waals surface area contributed by atoms with E-state index < -0.39 is 11.9 Å². The number of imidazole rings is 1. The summed E-state index contributed by atoms with van der Waals surface area (Å²) >= 11 is 13.7. The molecule has 0 radical (unpaired) electrons. The van der Waals surface area contributed by atoms with Crippen LogP contribution in [0.3, 0.4) is 0 Å². The first-order chi connectivity index (χ1) is 22.2. The number of ether oxygens (including phenoxy) is 1. The Balaban J connectivity index is 1.37. The third-order valence-corrected chi connectivity index (χ3v) is 8.57. The molecule has 3 aromatic heterocycles. The number of fused-ring (bicyclic) bond motifs is 1. The van der Waals surface area contributed by atoms with Crippen LogP contribution >= 0.6 is 23.2 Å². The van der Waals surface area contributed by atoms with Gasteiger partial charge in [-0.3, -0.25) is 23.9 Å². The van der Waals surface area contributed by atoms with E-state index in [1.54, 1.807) is 41.1 Å². The van der Waals surface area contributed by atoms with Gasteiger partial charge in [0.25, 0.3) is 5.91 Å². The lowest BCUT2D eigenvalue weighted by atomic mass is 10.1. The van der Waals surface area contributed by atoms with Crippen LogP contribution in [0.25, 0.3) is 22.5 Å². The van der Waals surface area contributed by atoms with Crippen LogP contribution < -0.4 is 15.4 Å². The second kappa shape index (κ2) is 15.0. The number of hydrogen-bond donors (Lipinski definition) is 3. The number of alkyl halides is 1. The van der Waals surface area contributed by atoms with Gasteiger partial charge in [-0.1, -0.05) is 41.4 Å². The molecule has 1 aliphatic rings. The van der Waals surface area contributed by atoms with E-state index >= 15 is 0 Å². The molecule has 4 aromatic rings. The third-order valence-electron chi connectivity index (χ3n) is 7.78. The number of aromatic nitrogens is 4. The number of halogens is 3. The molecule has 0 aliphatic carbocycles. The van der Waals surface area contributed by atoms with Crippen molar-refractivity contribution in [2.45, 2.75) is 32.4 Å². The van der Waals surface area contributed by atoms with Crippen molar-refractivity contribution in [2.75, 3.05) is 38.7 Å². The van der Waals surface area contributed by atoms with Crippen molar-refractivity contribution in [1.82, 2.24) is 29.7 Å². The molecule has 1 aromatic carbocycles. The molecule has 0 unspecified atom stereocenters. The van der Waals surface area contributed by atoms with E-state index in [9.17, 15) is 14.0 Å². The fourth-order valence-electron chi connectivity index (χ4n) is 5.43. The predicted octanol–water partition coefficient (Wildman–Crippen LogP) is 5.39. The van der Waals surface area contributed by atoms with Crippen molar-refractivity contribution in [2.24, 2.45) is 7.05 Å². The van der Waals surface area contributed by atoms with E-state index in [0.717, 1.165) is 29.9 Å². The molecule has 4 heterocycles. The molecular formula is C32H34Cl2FN7O4. The van der Waals surface area contributed by atoms with Crippen LogP contribution in [0.2, 0.25) is 10.0 Å². The van der Waals surface area contributed by atoms with Crippen LogP contribution in [0, 0.1) is 0 Å². The summed E-state index contributed by atoms with van der Waals surface area (Å²) < 4.78 is 20.0. The number of pyridine rings is 2. The van der Waals surface area contributed by atoms with Gasteiger partial charge in [0.2, 0.25) is 5.88 Å². The number of carboxylic acid groups (broad SMARTS) is 1. The standard InChI is InChI=1S/C32H34Cl2FN7O4/c1-41-25-11-16-42(15-4-12-35)18-24(25)38-30(41)31(45)39-23-6-3-5-21(27(23)33)29-28(34)20(9-14-37-29)22-8-7-19(32(40-22)46-2)17-36-13-10-26(43)44/h3,5-9,14,36H,4,10-13,15-18H2,1-2H3,(H,39,45)(H,43,44). The fraction of sp³-hybridized carbons (Fsp3) is 0.344. The maximum Gasteiger partial charge on any atom is 0.304 e. The molecule has 14 heteroatoms. The van der Waals surface area contributed by atoms with Gasteiger partial charge < -0.3 is 25.0 Å². The normalized spacial score (nSPS) is 13.0. The minimum Gasteiger partial charge on any atom is -0.481 e. The molecule has 1 amide bonds. The maximum absolute atomic E-state index is 13.4. The Hall–Kier alpha value is -4.10. The highest BCUT2D eigenvalue weighted by Crippen LogP contribution is 2.40. The van der Waals surface area contributed by atoms with Gasteiger partial charge in [0.05, 0.1) is 53.0 Å². The van der Waals surface area contributed by atoms with Crippen LogP contribution in [-0.4, -0.2) is 74.8 Å². The minimum atomic E-state index is -0.879. The summed E-state index contributed by atoms with van der Waals surface area (Å²) in [7, 11) is 3.33. The number of rotatable bonds is 13. The second-order valence-electron chi connectivity index (χ2n) is 10.8. The Morgan fingerprint density at radius 2 is 1.93 bits per heavy atom. The number of anilines is 1. The van der Waals surface area contributed by atoms with Crippen molar-refractivity contribution >= 4 is 40.8 Å². The Bertz CT molecular complexity index is 1750. The first kappa shape index (κ1) is 33.3. The Morgan fingerprint density at radius 1 is 1.11 bits per heavy atom. The predicted molar refractivity (Wildman–Crippen MR) is 174 cm³/mol. The topological polar surface area (TPSA) is 134 Å². The summed E-state index contributed by atoms with van der Waals surface area (Å²) in [6.45, 7) is 2.33. The highest BCUT2D eigenvalue weighted by molar-refractivity contribution is 6.39. The molecule has 0 fully saturated rings. The van der Waals surface area contributed by atoms with Crippen molar-refractivity contribution < 1.29 is 23.8 Å². The molecule has 0 atom stereocenters. The molecule has 1 aliphatic heterocycles. The third kappa shape index (κ3) is 7.31. The largest absolute Gasteiger partial charge is 0.481 e. The van der Waals surface area contributed by atoms with E-state index in [1.807, 2.05) is 13.1 Å². The smallest absolute Gasteiger partial charge is 0.304 e. The molecule has 3 N–H and O–H groups in total. The molecular weight excluding hydrogens is 636 g/mol. The van der Waals surface area contributed by atoms with Gasteiger partial charge in [-0.2, -0.15) is 0 Å². The van der Waals surface area contributed by atoms with Gasteiger partial charge in [-0.05, 0) is 24.6 Å². The summed E-state index contributed by atoms with van der Waals surface area (Å²) in [5, 5.41) is 15.4. The van der Waals surface area contributed by atoms with E-state index in [4.69, 9.17) is 33.0 Å². The molecule has 0 saturated heterocycles. The number of methoxy groups -OCH3 is 1. The molecule has 46 heavy (non-hydrogen) atoms. The highest BCUT2D eigenvalue weighted by Gasteiger charge is 2.26. The zero-order chi connectivity index (χ0) is 32.8. The second-order valence-corrected chi connectivity index (χ2v) is 11.5. The number of carbonyl (C=O) groups excluding carboxylic acids is 1. The maximum atomic E-state index is 13.4. The van der Waals surface area contributed by atoms with E-state index in [0.29, 0.717) is 71.7 Å². The quantitative estimate of drug-likeness (QED) is 0.160. The molecule has 0 bridgehead atoms. The number of benzene rings is 1. The Kier molecular flexibility index (Phi) is 10.8. The van der Waals surface area contributed by atoms with Gasteiger partial charge in [0, 0.05) is 74.8 Å². The van der Waals surface area contributed by atoms with Crippen molar-refractivity contribution in [3.8, 4) is 28.4 Å². The van der Waals surface area contributed by atoms with Crippen molar-refractivity contribution in [3.05, 3.63) is 75.4 Å². The zero-order valence-corrected chi connectivity index (χ0v) is 27.0. The van der Waals surface area contributed by atoms with Gasteiger partial charge in [-0.25, -0.2) is 9.97 Å². The monoisotopic (exact) mass is 669 g/mol. The van der Waals surface area contributed by atoms with Crippen molar-refractivity contribution in [1.29, 1.82) is 0 Å². The highest BCUT2D eigenvalue weighted by atomic mass is 35.5. The van der Waals surface area contributed by atoms with Crippen LogP contribution in [0.1, 0.15) is 40.4 Å². The molecule has 242 valence electrons. The first-order valence-electron chi connectivity index (χ1n) is 14.8. The first-order valence-corrected chi connectivity index (χ1v) is 15.5. The van der Waals surface area contributed by atoms with Gasteiger partial charge in [0.1, 0.15) is 0 Å². The van der Waals surface area contributed by atoms with Crippen LogP contribution in [0.5, 0.6) is 5.88 Å². The van der Waals surface area contributed by atoms with Crippen LogP contribution in [-0.2, 0) is 31.4 Å². The van der Waals surface area contributed by atoms with Crippen LogP contribution in [0.15, 0.2) is 42.6 Å². The van der Waals surface area contributed by atoms with E-state index in [-0.39, 0.29) is 23.9 Å². The van der Waals surface area contributed by atoms with Gasteiger partial charge in [-0.15, -0.1) is 0 Å². The SMILES string of the molecule is COc1nc(-c2ccnc(-c3cccc(NC(=O)c4nc5c(n4C)CCN(CCCF)C5)c3Cl)c2Cl)ccc1CNCCC(=O)O. The Labute approximate surface area is 275 Å². The molecule has 5 rings (SSSR count). The Morgan fingerprint density at radius 3 is 2.70 bits per heavy atom.